The maximum Gasteiger partial charge on any atom is 0.224 e. The van der Waals surface area contributed by atoms with Crippen molar-refractivity contribution in [3.05, 3.63) is 0 Å². The molecule has 0 spiro atoms. The molecule has 114 valence electrons. The highest BCUT2D eigenvalue weighted by molar-refractivity contribution is 5.85. The van der Waals surface area contributed by atoms with E-state index in [1.807, 2.05) is 0 Å². The van der Waals surface area contributed by atoms with Crippen LogP contribution in [0.4, 0.5) is 17.7 Å². The second-order valence-corrected chi connectivity index (χ2v) is 4.71. The molecule has 4 atom stereocenters. The Morgan fingerprint density at radius 3 is 2.43 bits per heavy atom. The maximum atomic E-state index is 10.1. The molecule has 2 aromatic heterocycles. The first-order chi connectivity index (χ1) is 9.93. The van der Waals surface area contributed by atoms with Crippen LogP contribution in [-0.2, 0) is 4.74 Å². The highest BCUT2D eigenvalue weighted by Crippen LogP contribution is 2.34. The molecule has 0 amide bonds. The predicted molar refractivity (Wildman–Crippen MR) is 71.6 cm³/mol. The third-order valence-corrected chi connectivity index (χ3v) is 3.38. The van der Waals surface area contributed by atoms with Gasteiger partial charge in [0.2, 0.25) is 11.9 Å². The van der Waals surface area contributed by atoms with Crippen LogP contribution >= 0.6 is 0 Å². The Hall–Kier alpha value is -2.21. The van der Waals surface area contributed by atoms with Crippen LogP contribution in [0.15, 0.2) is 0 Å². The highest BCUT2D eigenvalue weighted by atomic mass is 16.6. The molecule has 9 N–H and O–H groups in total. The number of aromatic nitrogens is 4. The lowest BCUT2D eigenvalue weighted by molar-refractivity contribution is -0.0500. The molecule has 11 nitrogen and oxygen atoms in total. The fourth-order valence-electron chi connectivity index (χ4n) is 2.37. The SMILES string of the molecule is Nc1nc(N)c2nc(N)n([C@@H]3O[C@H](CO)[C@@H](O)[C@H]3O)c2n1. The van der Waals surface area contributed by atoms with Gasteiger partial charge < -0.3 is 37.3 Å². The van der Waals surface area contributed by atoms with E-state index in [0.29, 0.717) is 0 Å². The number of hydrogen-bond donors (Lipinski definition) is 6. The number of aliphatic hydroxyl groups excluding tert-OH is 3. The van der Waals surface area contributed by atoms with Gasteiger partial charge in [-0.1, -0.05) is 0 Å². The minimum atomic E-state index is -1.32. The Morgan fingerprint density at radius 2 is 1.81 bits per heavy atom. The lowest BCUT2D eigenvalue weighted by Crippen LogP contribution is -2.33. The standard InChI is InChI=1S/C10H15N7O4/c11-6-3-7(16-9(12)15-6)17(10(13)14-3)8-5(20)4(19)2(1-18)21-8/h2,4-5,8,18-20H,1H2,(H2,13,14)(H4,11,12,15,16)/t2-,4-,5-,8-/m1/s1. The number of aliphatic hydroxyl groups is 3. The number of nitrogen functional groups attached to an aromatic ring is 3. The lowest BCUT2D eigenvalue weighted by Gasteiger charge is -2.17. The average Bonchev–Trinajstić information content (AvgIpc) is 2.89. The van der Waals surface area contributed by atoms with Gasteiger partial charge in [0, 0.05) is 0 Å². The molecular weight excluding hydrogens is 282 g/mol. The smallest absolute Gasteiger partial charge is 0.224 e. The average molecular weight is 297 g/mol. The largest absolute Gasteiger partial charge is 0.394 e. The number of nitrogens with zero attached hydrogens (tertiary/aromatic N) is 4. The fraction of sp³-hybridized carbons (Fsp3) is 0.500. The van der Waals surface area contributed by atoms with E-state index >= 15 is 0 Å². The molecule has 1 saturated heterocycles. The van der Waals surface area contributed by atoms with Crippen LogP contribution in [0, 0.1) is 0 Å². The van der Waals surface area contributed by atoms with Gasteiger partial charge in [-0.3, -0.25) is 4.57 Å². The van der Waals surface area contributed by atoms with Crippen molar-refractivity contribution >= 4 is 28.9 Å². The first-order valence-electron chi connectivity index (χ1n) is 6.13. The van der Waals surface area contributed by atoms with Gasteiger partial charge in [0.15, 0.2) is 23.2 Å². The van der Waals surface area contributed by atoms with Crippen molar-refractivity contribution < 1.29 is 20.1 Å². The Labute approximate surface area is 118 Å². The third kappa shape index (κ3) is 1.94. The molecule has 1 fully saturated rings. The summed E-state index contributed by atoms with van der Waals surface area (Å²) < 4.78 is 6.66. The highest BCUT2D eigenvalue weighted by Gasteiger charge is 2.44. The van der Waals surface area contributed by atoms with Crippen molar-refractivity contribution in [3.8, 4) is 0 Å². The Morgan fingerprint density at radius 1 is 1.10 bits per heavy atom. The molecule has 1 aliphatic heterocycles. The summed E-state index contributed by atoms with van der Waals surface area (Å²) in [6, 6.07) is 0. The summed E-state index contributed by atoms with van der Waals surface area (Å²) in [7, 11) is 0. The Balaban J connectivity index is 2.15. The van der Waals surface area contributed by atoms with Gasteiger partial charge in [-0.25, -0.2) is 4.98 Å². The zero-order valence-electron chi connectivity index (χ0n) is 10.8. The summed E-state index contributed by atoms with van der Waals surface area (Å²) in [6.07, 6.45) is -4.61. The zero-order chi connectivity index (χ0) is 15.3. The van der Waals surface area contributed by atoms with E-state index in [-0.39, 0.29) is 28.9 Å². The summed E-state index contributed by atoms with van der Waals surface area (Å²) in [4.78, 5) is 11.8. The minimum absolute atomic E-state index is 0.0357. The number of imidazole rings is 1. The van der Waals surface area contributed by atoms with Crippen LogP contribution in [0.5, 0.6) is 0 Å². The second-order valence-electron chi connectivity index (χ2n) is 4.71. The molecule has 3 rings (SSSR count). The van der Waals surface area contributed by atoms with E-state index < -0.39 is 31.1 Å². The number of fused-ring (bicyclic) bond motifs is 1. The molecular formula is C10H15N7O4. The maximum absolute atomic E-state index is 10.1. The molecule has 1 aliphatic rings. The molecule has 0 unspecified atom stereocenters. The van der Waals surface area contributed by atoms with Crippen LogP contribution in [0.3, 0.4) is 0 Å². The monoisotopic (exact) mass is 297 g/mol. The van der Waals surface area contributed by atoms with E-state index in [1.165, 1.54) is 4.57 Å². The van der Waals surface area contributed by atoms with Crippen molar-refractivity contribution in [2.45, 2.75) is 24.5 Å². The zero-order valence-corrected chi connectivity index (χ0v) is 10.8. The van der Waals surface area contributed by atoms with Crippen LogP contribution in [0.25, 0.3) is 11.2 Å². The molecule has 0 bridgehead atoms. The van der Waals surface area contributed by atoms with Gasteiger partial charge in [0.25, 0.3) is 0 Å². The van der Waals surface area contributed by atoms with Crippen LogP contribution < -0.4 is 17.2 Å². The molecule has 0 aromatic carbocycles. The van der Waals surface area contributed by atoms with E-state index in [4.69, 9.17) is 27.0 Å². The third-order valence-electron chi connectivity index (χ3n) is 3.38. The van der Waals surface area contributed by atoms with Crippen molar-refractivity contribution in [1.29, 1.82) is 0 Å². The number of rotatable bonds is 2. The molecule has 0 saturated carbocycles. The molecule has 0 aliphatic carbocycles. The van der Waals surface area contributed by atoms with E-state index in [0.717, 1.165) is 0 Å². The number of ether oxygens (including phenoxy) is 1. The number of nitrogens with two attached hydrogens (primary N) is 3. The summed E-state index contributed by atoms with van der Waals surface area (Å²) in [6.45, 7) is -0.458. The molecule has 21 heavy (non-hydrogen) atoms. The fourth-order valence-corrected chi connectivity index (χ4v) is 2.37. The minimum Gasteiger partial charge on any atom is -0.394 e. The lowest BCUT2D eigenvalue weighted by atomic mass is 10.1. The quantitative estimate of drug-likeness (QED) is 0.337. The van der Waals surface area contributed by atoms with E-state index in [9.17, 15) is 10.2 Å². The summed E-state index contributed by atoms with van der Waals surface area (Å²) in [5.74, 6) is -0.0889. The molecule has 3 heterocycles. The Kier molecular flexibility index (Phi) is 3.06. The summed E-state index contributed by atoms with van der Waals surface area (Å²) >= 11 is 0. The topological polar surface area (TPSA) is 192 Å². The van der Waals surface area contributed by atoms with Gasteiger partial charge in [-0.2, -0.15) is 9.97 Å². The normalized spacial score (nSPS) is 29.3. The molecule has 0 radical (unpaired) electrons. The summed E-state index contributed by atoms with van der Waals surface area (Å²) in [5.41, 5.74) is 17.4. The van der Waals surface area contributed by atoms with Crippen molar-refractivity contribution in [3.63, 3.8) is 0 Å². The van der Waals surface area contributed by atoms with Gasteiger partial charge in [-0.05, 0) is 0 Å². The predicted octanol–water partition coefficient (Wildman–Crippen LogP) is -2.82. The van der Waals surface area contributed by atoms with Crippen molar-refractivity contribution in [1.82, 2.24) is 19.5 Å². The Bertz CT molecular complexity index is 690. The second kappa shape index (κ2) is 4.66. The van der Waals surface area contributed by atoms with Gasteiger partial charge in [0.1, 0.15) is 18.3 Å². The van der Waals surface area contributed by atoms with Gasteiger partial charge in [-0.15, -0.1) is 0 Å². The first-order valence-corrected chi connectivity index (χ1v) is 6.13. The van der Waals surface area contributed by atoms with Crippen molar-refractivity contribution in [2.75, 3.05) is 23.8 Å². The first kappa shape index (κ1) is 13.8. The van der Waals surface area contributed by atoms with E-state index in [1.54, 1.807) is 0 Å². The number of anilines is 3. The van der Waals surface area contributed by atoms with E-state index in [2.05, 4.69) is 15.0 Å². The molecule has 2 aromatic rings. The van der Waals surface area contributed by atoms with Gasteiger partial charge in [0.05, 0.1) is 6.61 Å². The van der Waals surface area contributed by atoms with Crippen LogP contribution in [0.2, 0.25) is 0 Å². The van der Waals surface area contributed by atoms with Crippen LogP contribution in [-0.4, -0.2) is 59.8 Å². The van der Waals surface area contributed by atoms with Crippen LogP contribution in [0.1, 0.15) is 6.23 Å². The summed E-state index contributed by atoms with van der Waals surface area (Å²) in [5, 5.41) is 29.0. The van der Waals surface area contributed by atoms with Gasteiger partial charge >= 0.3 is 0 Å². The number of hydrogen-bond acceptors (Lipinski definition) is 10. The molecule has 11 heteroatoms. The van der Waals surface area contributed by atoms with Crippen molar-refractivity contribution in [2.24, 2.45) is 0 Å².